The van der Waals surface area contributed by atoms with E-state index < -0.39 is 9.84 Å². The van der Waals surface area contributed by atoms with Gasteiger partial charge in [-0.3, -0.25) is 4.79 Å². The molecule has 1 rings (SSSR count). The van der Waals surface area contributed by atoms with E-state index in [9.17, 15) is 13.2 Å². The average molecular weight is 277 g/mol. The van der Waals surface area contributed by atoms with Gasteiger partial charge < -0.3 is 16.0 Å². The Morgan fingerprint density at radius 3 is 2.56 bits per heavy atom. The number of carbonyl (C=O) groups is 1. The molecule has 3 N–H and O–H groups in total. The van der Waals surface area contributed by atoms with E-state index in [0.29, 0.717) is 25.6 Å². The number of carbonyl (C=O) groups excluding carboxylic acids is 1. The van der Waals surface area contributed by atoms with Crippen LogP contribution in [0.2, 0.25) is 0 Å². The highest BCUT2D eigenvalue weighted by Gasteiger charge is 2.25. The predicted molar refractivity (Wildman–Crippen MR) is 71.0 cm³/mol. The molecule has 0 aliphatic heterocycles. The second-order valence-electron chi connectivity index (χ2n) is 5.05. The molecule has 7 heteroatoms. The van der Waals surface area contributed by atoms with Crippen molar-refractivity contribution in [3.63, 3.8) is 0 Å². The Bertz CT molecular complexity index is 379. The number of nitrogens with zero attached hydrogens (tertiary/aromatic N) is 1. The summed E-state index contributed by atoms with van der Waals surface area (Å²) in [7, 11) is -1.18. The molecule has 18 heavy (non-hydrogen) atoms. The monoisotopic (exact) mass is 277 g/mol. The van der Waals surface area contributed by atoms with Crippen molar-refractivity contribution in [1.29, 1.82) is 0 Å². The van der Waals surface area contributed by atoms with Crippen LogP contribution < -0.4 is 11.1 Å². The summed E-state index contributed by atoms with van der Waals surface area (Å²) in [4.78, 5) is 13.5. The molecule has 1 aliphatic carbocycles. The van der Waals surface area contributed by atoms with Gasteiger partial charge in [0.2, 0.25) is 5.91 Å². The molecular weight excluding hydrogens is 254 g/mol. The summed E-state index contributed by atoms with van der Waals surface area (Å²) in [5, 5.41) is 2.91. The Hall–Kier alpha value is -0.660. The Kier molecular flexibility index (Phi) is 5.55. The zero-order valence-corrected chi connectivity index (χ0v) is 11.9. The summed E-state index contributed by atoms with van der Waals surface area (Å²) in [5.41, 5.74) is 5.64. The fourth-order valence-electron chi connectivity index (χ4n) is 1.64. The SMILES string of the molecule is CN(CCS(C)(=O)=O)C(CN)CC(=O)NC1CC1. The van der Waals surface area contributed by atoms with E-state index in [0.717, 1.165) is 12.8 Å². The van der Waals surface area contributed by atoms with Crippen LogP contribution in [-0.4, -0.2) is 63.5 Å². The minimum absolute atomic E-state index is 0.000782. The number of rotatable bonds is 8. The maximum absolute atomic E-state index is 11.7. The first-order valence-corrected chi connectivity index (χ1v) is 8.25. The fraction of sp³-hybridized carbons (Fsp3) is 0.909. The lowest BCUT2D eigenvalue weighted by Gasteiger charge is -2.26. The third kappa shape index (κ3) is 6.32. The molecule has 1 aliphatic rings. The van der Waals surface area contributed by atoms with Crippen molar-refractivity contribution in [1.82, 2.24) is 10.2 Å². The molecule has 106 valence electrons. The molecular formula is C11H23N3O3S. The Morgan fingerprint density at radius 2 is 2.11 bits per heavy atom. The summed E-state index contributed by atoms with van der Waals surface area (Å²) >= 11 is 0. The average Bonchev–Trinajstić information content (AvgIpc) is 3.05. The first-order chi connectivity index (χ1) is 8.31. The van der Waals surface area contributed by atoms with Gasteiger partial charge >= 0.3 is 0 Å². The van der Waals surface area contributed by atoms with Crippen LogP contribution in [0.15, 0.2) is 0 Å². The Balaban J connectivity index is 2.35. The molecule has 1 fully saturated rings. The van der Waals surface area contributed by atoms with Crippen molar-refractivity contribution in [3.8, 4) is 0 Å². The lowest BCUT2D eigenvalue weighted by atomic mass is 10.1. The smallest absolute Gasteiger partial charge is 0.221 e. The van der Waals surface area contributed by atoms with Gasteiger partial charge in [0.25, 0.3) is 0 Å². The highest BCUT2D eigenvalue weighted by molar-refractivity contribution is 7.90. The van der Waals surface area contributed by atoms with E-state index in [1.165, 1.54) is 6.26 Å². The number of hydrogen-bond donors (Lipinski definition) is 2. The van der Waals surface area contributed by atoms with Gasteiger partial charge in [-0.25, -0.2) is 8.42 Å². The molecule has 1 atom stereocenters. The van der Waals surface area contributed by atoms with Crippen molar-refractivity contribution < 1.29 is 13.2 Å². The highest BCUT2D eigenvalue weighted by Crippen LogP contribution is 2.18. The van der Waals surface area contributed by atoms with Crippen LogP contribution in [-0.2, 0) is 14.6 Å². The normalized spacial score (nSPS) is 17.8. The molecule has 0 aromatic rings. The molecule has 0 heterocycles. The first-order valence-electron chi connectivity index (χ1n) is 6.19. The maximum Gasteiger partial charge on any atom is 0.221 e. The summed E-state index contributed by atoms with van der Waals surface area (Å²) in [5.74, 6) is 0.0868. The predicted octanol–water partition coefficient (Wildman–Crippen LogP) is -1.04. The number of nitrogens with one attached hydrogen (secondary N) is 1. The lowest BCUT2D eigenvalue weighted by molar-refractivity contribution is -0.122. The fourth-order valence-corrected chi connectivity index (χ4v) is 2.26. The largest absolute Gasteiger partial charge is 0.353 e. The summed E-state index contributed by atoms with van der Waals surface area (Å²) in [6.45, 7) is 0.746. The number of hydrogen-bond acceptors (Lipinski definition) is 5. The van der Waals surface area contributed by atoms with Gasteiger partial charge in [0.15, 0.2) is 0 Å². The third-order valence-corrected chi connectivity index (χ3v) is 4.00. The van der Waals surface area contributed by atoms with Crippen LogP contribution in [0.25, 0.3) is 0 Å². The molecule has 0 spiro atoms. The van der Waals surface area contributed by atoms with E-state index in [2.05, 4.69) is 5.32 Å². The van der Waals surface area contributed by atoms with Gasteiger partial charge in [-0.05, 0) is 19.9 Å². The number of amides is 1. The van der Waals surface area contributed by atoms with Gasteiger partial charge in [-0.2, -0.15) is 0 Å². The second-order valence-corrected chi connectivity index (χ2v) is 7.31. The van der Waals surface area contributed by atoms with Gasteiger partial charge in [-0.15, -0.1) is 0 Å². The Labute approximate surface area is 109 Å². The van der Waals surface area contributed by atoms with Gasteiger partial charge in [0, 0.05) is 37.8 Å². The van der Waals surface area contributed by atoms with Crippen LogP contribution in [0.3, 0.4) is 0 Å². The van der Waals surface area contributed by atoms with E-state index in [-0.39, 0.29) is 17.7 Å². The van der Waals surface area contributed by atoms with Crippen molar-refractivity contribution in [2.24, 2.45) is 5.73 Å². The van der Waals surface area contributed by atoms with Crippen LogP contribution in [0, 0.1) is 0 Å². The maximum atomic E-state index is 11.7. The highest BCUT2D eigenvalue weighted by atomic mass is 32.2. The van der Waals surface area contributed by atoms with Gasteiger partial charge in [0.05, 0.1) is 5.75 Å². The standard InChI is InChI=1S/C11H23N3O3S/c1-14(5-6-18(2,16)17)10(8-12)7-11(15)13-9-3-4-9/h9-10H,3-8,12H2,1-2H3,(H,13,15). The van der Waals surface area contributed by atoms with Crippen LogP contribution >= 0.6 is 0 Å². The molecule has 0 radical (unpaired) electrons. The molecule has 0 aromatic heterocycles. The molecule has 6 nitrogen and oxygen atoms in total. The zero-order chi connectivity index (χ0) is 13.8. The minimum atomic E-state index is -2.98. The summed E-state index contributed by atoms with van der Waals surface area (Å²) in [6, 6.07) is 0.239. The molecule has 1 saturated carbocycles. The van der Waals surface area contributed by atoms with Crippen molar-refractivity contribution in [2.45, 2.75) is 31.3 Å². The van der Waals surface area contributed by atoms with Gasteiger partial charge in [-0.1, -0.05) is 0 Å². The quantitative estimate of drug-likeness (QED) is 0.591. The molecule has 0 aromatic carbocycles. The summed E-state index contributed by atoms with van der Waals surface area (Å²) < 4.78 is 22.2. The molecule has 0 bridgehead atoms. The molecule has 1 unspecified atom stereocenters. The number of sulfone groups is 1. The van der Waals surface area contributed by atoms with Crippen LogP contribution in [0.1, 0.15) is 19.3 Å². The van der Waals surface area contributed by atoms with Crippen molar-refractivity contribution >= 4 is 15.7 Å². The zero-order valence-electron chi connectivity index (χ0n) is 11.1. The van der Waals surface area contributed by atoms with Gasteiger partial charge in [0.1, 0.15) is 9.84 Å². The van der Waals surface area contributed by atoms with E-state index in [1.807, 2.05) is 4.90 Å². The number of likely N-dealkylation sites (N-methyl/N-ethyl adjacent to an activating group) is 1. The summed E-state index contributed by atoms with van der Waals surface area (Å²) in [6.07, 6.45) is 3.65. The third-order valence-electron chi connectivity index (χ3n) is 3.07. The minimum Gasteiger partial charge on any atom is -0.353 e. The molecule has 1 amide bonds. The van der Waals surface area contributed by atoms with E-state index in [4.69, 9.17) is 5.73 Å². The first kappa shape index (κ1) is 15.4. The van der Waals surface area contributed by atoms with Crippen molar-refractivity contribution in [2.75, 3.05) is 32.1 Å². The molecule has 0 saturated heterocycles. The van der Waals surface area contributed by atoms with Crippen LogP contribution in [0.5, 0.6) is 0 Å². The second kappa shape index (κ2) is 6.49. The topological polar surface area (TPSA) is 92.5 Å². The lowest BCUT2D eigenvalue weighted by Crippen LogP contribution is -2.43. The van der Waals surface area contributed by atoms with E-state index >= 15 is 0 Å². The van der Waals surface area contributed by atoms with E-state index in [1.54, 1.807) is 7.05 Å². The van der Waals surface area contributed by atoms with Crippen LogP contribution in [0.4, 0.5) is 0 Å². The Morgan fingerprint density at radius 1 is 1.50 bits per heavy atom. The van der Waals surface area contributed by atoms with Crippen molar-refractivity contribution in [3.05, 3.63) is 0 Å². The number of nitrogens with two attached hydrogens (primary N) is 1.